The molecule has 7 heteroatoms. The number of carboxylic acids is 1. The highest BCUT2D eigenvalue weighted by molar-refractivity contribution is 8.01. The number of hydrogen-bond acceptors (Lipinski definition) is 6. The predicted molar refractivity (Wildman–Crippen MR) is 141 cm³/mol. The van der Waals surface area contributed by atoms with Gasteiger partial charge in [-0.3, -0.25) is 9.69 Å². The molecule has 0 bridgehead atoms. The highest BCUT2D eigenvalue weighted by atomic mass is 32.2. The minimum absolute atomic E-state index is 0.593. The van der Waals surface area contributed by atoms with Gasteiger partial charge < -0.3 is 13.9 Å². The molecular weight excluding hydrogens is 472 g/mol. The van der Waals surface area contributed by atoms with Gasteiger partial charge in [-0.1, -0.05) is 42.0 Å². The summed E-state index contributed by atoms with van der Waals surface area (Å²) in [5, 5.41) is 9.41. The van der Waals surface area contributed by atoms with Gasteiger partial charge in [0, 0.05) is 17.9 Å². The van der Waals surface area contributed by atoms with E-state index >= 15 is 0 Å². The van der Waals surface area contributed by atoms with Gasteiger partial charge in [0.2, 0.25) is 0 Å². The average Bonchev–Trinajstić information content (AvgIpc) is 3.44. The smallest absolute Gasteiger partial charge is 0.319 e. The fourth-order valence-corrected chi connectivity index (χ4v) is 4.91. The zero-order chi connectivity index (χ0) is 25.7. The number of rotatable bonds is 11. The Bertz CT molecular complexity index is 1290. The van der Waals surface area contributed by atoms with Gasteiger partial charge in [-0.25, -0.2) is 4.98 Å². The molecule has 0 aliphatic heterocycles. The van der Waals surface area contributed by atoms with E-state index in [1.165, 1.54) is 22.9 Å². The fourth-order valence-electron chi connectivity index (χ4n) is 3.96. The van der Waals surface area contributed by atoms with Crippen LogP contribution in [-0.2, 0) is 30.8 Å². The first-order chi connectivity index (χ1) is 17.2. The third kappa shape index (κ3) is 6.89. The Kier molecular flexibility index (Phi) is 8.01. The second-order valence-electron chi connectivity index (χ2n) is 9.57. The van der Waals surface area contributed by atoms with Gasteiger partial charge in [0.15, 0.2) is 5.89 Å². The highest BCUT2D eigenvalue weighted by Crippen LogP contribution is 2.33. The molecule has 0 unspecified atom stereocenters. The second-order valence-corrected chi connectivity index (χ2v) is 11.3. The maximum absolute atomic E-state index is 11.5. The van der Waals surface area contributed by atoms with Crippen LogP contribution in [0.5, 0.6) is 0 Å². The zero-order valence-corrected chi connectivity index (χ0v) is 22.0. The summed E-state index contributed by atoms with van der Waals surface area (Å²) < 4.78 is 10.9. The van der Waals surface area contributed by atoms with Crippen LogP contribution in [0.4, 0.5) is 0 Å². The van der Waals surface area contributed by atoms with Crippen molar-refractivity contribution in [3.05, 3.63) is 107 Å². The molecular formula is C29H32N2O4S. The number of nitrogens with zero attached hydrogens (tertiary/aromatic N) is 2. The summed E-state index contributed by atoms with van der Waals surface area (Å²) in [7, 11) is 0. The molecule has 36 heavy (non-hydrogen) atoms. The fraction of sp³-hybridized carbons (Fsp3) is 0.310. The molecule has 0 spiro atoms. The van der Waals surface area contributed by atoms with Crippen molar-refractivity contribution in [1.29, 1.82) is 0 Å². The molecule has 0 amide bonds. The molecule has 1 N–H and O–H groups in total. The molecule has 0 aliphatic rings. The Morgan fingerprint density at radius 3 is 2.44 bits per heavy atom. The summed E-state index contributed by atoms with van der Waals surface area (Å²) in [6.45, 7) is 9.40. The maximum Gasteiger partial charge on any atom is 0.319 e. The lowest BCUT2D eigenvalue weighted by atomic mass is 10.1. The highest BCUT2D eigenvalue weighted by Gasteiger charge is 2.28. The van der Waals surface area contributed by atoms with Crippen LogP contribution >= 0.6 is 11.8 Å². The Morgan fingerprint density at radius 2 is 1.78 bits per heavy atom. The third-order valence-corrected chi connectivity index (χ3v) is 7.11. The van der Waals surface area contributed by atoms with Crippen LogP contribution in [0, 0.1) is 13.8 Å². The van der Waals surface area contributed by atoms with Crippen molar-refractivity contribution < 1.29 is 18.7 Å². The summed E-state index contributed by atoms with van der Waals surface area (Å²) in [6.07, 6.45) is 2.34. The first-order valence-corrected chi connectivity index (χ1v) is 12.8. The van der Waals surface area contributed by atoms with E-state index in [0.717, 1.165) is 27.7 Å². The Balaban J connectivity index is 1.48. The van der Waals surface area contributed by atoms with Crippen LogP contribution in [0.3, 0.4) is 0 Å². The molecule has 0 fully saturated rings. The van der Waals surface area contributed by atoms with E-state index in [9.17, 15) is 9.90 Å². The summed E-state index contributed by atoms with van der Waals surface area (Å²) in [6, 6.07) is 20.3. The molecule has 0 saturated carbocycles. The van der Waals surface area contributed by atoms with Gasteiger partial charge >= 0.3 is 5.97 Å². The lowest BCUT2D eigenvalue weighted by Gasteiger charge is -2.21. The van der Waals surface area contributed by atoms with Crippen molar-refractivity contribution in [3.8, 4) is 0 Å². The van der Waals surface area contributed by atoms with Crippen molar-refractivity contribution in [2.24, 2.45) is 0 Å². The minimum atomic E-state index is -0.882. The largest absolute Gasteiger partial charge is 0.480 e. The summed E-state index contributed by atoms with van der Waals surface area (Å²) in [5.74, 6) is 1.61. The first-order valence-electron chi connectivity index (χ1n) is 11.9. The van der Waals surface area contributed by atoms with Crippen molar-refractivity contribution in [1.82, 2.24) is 9.88 Å². The SMILES string of the molecule is Cc1cccc(Cc2nc(C)c(CN(Cc3ccc(SC(C)(C)C(=O)O)cc3)Cc3ccco3)o2)c1. The van der Waals surface area contributed by atoms with Gasteiger partial charge in [-0.05, 0) is 63.1 Å². The number of hydrogen-bond donors (Lipinski definition) is 1. The predicted octanol–water partition coefficient (Wildman–Crippen LogP) is 6.63. The number of aryl methyl sites for hydroxylation is 2. The van der Waals surface area contributed by atoms with E-state index in [-0.39, 0.29) is 0 Å². The molecule has 0 atom stereocenters. The Hall–Kier alpha value is -3.29. The lowest BCUT2D eigenvalue weighted by Crippen LogP contribution is -2.26. The van der Waals surface area contributed by atoms with E-state index in [2.05, 4.69) is 41.1 Å². The number of oxazole rings is 1. The topological polar surface area (TPSA) is 79.7 Å². The number of aromatic nitrogens is 1. The second kappa shape index (κ2) is 11.2. The van der Waals surface area contributed by atoms with Crippen molar-refractivity contribution in [3.63, 3.8) is 0 Å². The molecule has 4 rings (SSSR count). The summed E-state index contributed by atoms with van der Waals surface area (Å²) in [5.41, 5.74) is 4.41. The lowest BCUT2D eigenvalue weighted by molar-refractivity contribution is -0.138. The van der Waals surface area contributed by atoms with Crippen LogP contribution in [-0.4, -0.2) is 25.7 Å². The van der Waals surface area contributed by atoms with Crippen molar-refractivity contribution in [2.75, 3.05) is 0 Å². The molecule has 0 radical (unpaired) electrons. The minimum Gasteiger partial charge on any atom is -0.480 e. The van der Waals surface area contributed by atoms with Crippen LogP contribution in [0.25, 0.3) is 0 Å². The van der Waals surface area contributed by atoms with E-state index in [0.29, 0.717) is 31.9 Å². The standard InChI is InChI=1S/C29H32N2O4S/c1-20-7-5-8-23(15-20)16-27-30-21(2)26(35-27)19-31(18-24-9-6-14-34-24)17-22-10-12-25(13-11-22)36-29(3,4)28(32)33/h5-15H,16-19H2,1-4H3,(H,32,33). The van der Waals surface area contributed by atoms with Crippen LogP contribution in [0.1, 0.15) is 53.6 Å². The van der Waals surface area contributed by atoms with Crippen LogP contribution in [0.2, 0.25) is 0 Å². The molecule has 6 nitrogen and oxygen atoms in total. The van der Waals surface area contributed by atoms with Gasteiger partial charge in [-0.2, -0.15) is 0 Å². The Morgan fingerprint density at radius 1 is 1.00 bits per heavy atom. The number of carbonyl (C=O) groups is 1. The maximum atomic E-state index is 11.5. The van der Waals surface area contributed by atoms with Gasteiger partial charge in [-0.15, -0.1) is 11.8 Å². The van der Waals surface area contributed by atoms with E-state index in [4.69, 9.17) is 8.83 Å². The number of carboxylic acid groups (broad SMARTS) is 1. The van der Waals surface area contributed by atoms with E-state index < -0.39 is 10.7 Å². The molecule has 0 saturated heterocycles. The van der Waals surface area contributed by atoms with Gasteiger partial charge in [0.1, 0.15) is 16.3 Å². The quantitative estimate of drug-likeness (QED) is 0.230. The van der Waals surface area contributed by atoms with Crippen molar-refractivity contribution >= 4 is 17.7 Å². The number of aliphatic carboxylic acids is 1. The first kappa shape index (κ1) is 25.8. The average molecular weight is 505 g/mol. The van der Waals surface area contributed by atoms with Crippen LogP contribution in [0.15, 0.2) is 80.7 Å². The van der Waals surface area contributed by atoms with Gasteiger partial charge in [0.25, 0.3) is 0 Å². The van der Waals surface area contributed by atoms with Gasteiger partial charge in [0.05, 0.1) is 25.0 Å². The summed E-state index contributed by atoms with van der Waals surface area (Å²) >= 11 is 1.34. The normalized spacial score (nSPS) is 11.8. The number of furan rings is 1. The molecule has 4 aromatic rings. The monoisotopic (exact) mass is 504 g/mol. The molecule has 188 valence electrons. The Labute approximate surface area is 216 Å². The molecule has 0 aliphatic carbocycles. The van der Waals surface area contributed by atoms with Crippen LogP contribution < -0.4 is 0 Å². The molecule has 2 heterocycles. The van der Waals surface area contributed by atoms with Crippen molar-refractivity contribution in [2.45, 2.75) is 63.4 Å². The third-order valence-electron chi connectivity index (χ3n) is 5.92. The molecule has 2 aromatic carbocycles. The van der Waals surface area contributed by atoms with E-state index in [1.807, 2.05) is 43.3 Å². The van der Waals surface area contributed by atoms with E-state index in [1.54, 1.807) is 20.1 Å². The molecule has 2 aromatic heterocycles. The number of thioether (sulfide) groups is 1. The zero-order valence-electron chi connectivity index (χ0n) is 21.2. The number of benzene rings is 2. The summed E-state index contributed by atoms with van der Waals surface area (Å²) in [4.78, 5) is 19.3.